The number of allylic oxidation sites excluding steroid dienone is 8. The summed E-state index contributed by atoms with van der Waals surface area (Å²) in [6.45, 7) is 24.9. The molecule has 0 aromatic rings. The highest BCUT2D eigenvalue weighted by Gasteiger charge is 1.99. The molecule has 2 atom stereocenters. The van der Waals surface area contributed by atoms with Crippen LogP contribution in [0.25, 0.3) is 0 Å². The first-order valence-electron chi connectivity index (χ1n) is 26.7. The van der Waals surface area contributed by atoms with Gasteiger partial charge in [-0.15, -0.1) is 0 Å². The lowest BCUT2D eigenvalue weighted by Crippen LogP contribution is -1.91. The van der Waals surface area contributed by atoms with Crippen molar-refractivity contribution >= 4 is 23.1 Å². The fourth-order valence-corrected chi connectivity index (χ4v) is 6.59. The van der Waals surface area contributed by atoms with Crippen LogP contribution in [0.2, 0.25) is 0 Å². The number of carbonyl (C=O) groups excluding carboxylic acids is 4. The van der Waals surface area contributed by atoms with Crippen LogP contribution in [0.4, 0.5) is 0 Å². The minimum Gasteiger partial charge on any atom is -0.300 e. The Morgan fingerprint density at radius 1 is 0.317 bits per heavy atom. The van der Waals surface area contributed by atoms with Crippen LogP contribution in [0.5, 0.6) is 0 Å². The van der Waals surface area contributed by atoms with Crippen LogP contribution in [-0.4, -0.2) is 23.1 Å². The monoisotopic (exact) mass is 883 g/mol. The standard InChI is InChI=1S/C16H30O.C15H28O.2C14H26O/c1-4-15(2)13-11-9-7-5-6-8-10-12-14-16(3)17;1-14(2)12-10-8-6-4-5-7-9-11-13-15(3)16;1-13(2)11-9-7-5-4-6-8-10-12-14(3)15;1-4-13(2)11-9-7-5-6-8-10-12-14(3)15/h6,8,15H,4-5,7,9-14H2,1-3H3;9,11,14H,4-8,10,12-13H2,1-3H3;2*8,10,13H,4-7,9,11-12H2,1-3H3/b8-6+;11-9-;2*10-8+. The third-order valence-corrected chi connectivity index (χ3v) is 11.4. The van der Waals surface area contributed by atoms with Crippen molar-refractivity contribution in [3.8, 4) is 0 Å². The second kappa shape index (κ2) is 55.8. The Morgan fingerprint density at radius 2 is 0.571 bits per heavy atom. The lowest BCUT2D eigenvalue weighted by atomic mass is 10.0. The molecular formula is C59H110O4. The number of hydrogen-bond acceptors (Lipinski definition) is 4. The van der Waals surface area contributed by atoms with E-state index in [0.717, 1.165) is 62.2 Å². The molecule has 0 rings (SSSR count). The summed E-state index contributed by atoms with van der Waals surface area (Å²) in [6, 6.07) is 0. The molecule has 63 heavy (non-hydrogen) atoms. The predicted octanol–water partition coefficient (Wildman–Crippen LogP) is 19.2. The zero-order chi connectivity index (χ0) is 48.2. The van der Waals surface area contributed by atoms with Gasteiger partial charge in [0.15, 0.2) is 0 Å². The Morgan fingerprint density at radius 3 is 0.857 bits per heavy atom. The van der Waals surface area contributed by atoms with Crippen LogP contribution in [-0.2, 0) is 19.2 Å². The van der Waals surface area contributed by atoms with E-state index in [-0.39, 0.29) is 17.3 Å². The first-order chi connectivity index (χ1) is 30.1. The van der Waals surface area contributed by atoms with Crippen molar-refractivity contribution in [1.29, 1.82) is 0 Å². The summed E-state index contributed by atoms with van der Waals surface area (Å²) >= 11 is 0. The molecule has 0 aliphatic heterocycles. The molecule has 0 bridgehead atoms. The van der Waals surface area contributed by atoms with Crippen LogP contribution in [0.1, 0.15) is 282 Å². The molecular weight excluding hydrogens is 773 g/mol. The molecule has 0 radical (unpaired) electrons. The van der Waals surface area contributed by atoms with Crippen LogP contribution in [0, 0.1) is 23.7 Å². The Labute approximate surface area is 395 Å². The highest BCUT2D eigenvalue weighted by Crippen LogP contribution is 2.15. The highest BCUT2D eigenvalue weighted by atomic mass is 16.1. The maximum Gasteiger partial charge on any atom is 0.133 e. The molecule has 2 unspecified atom stereocenters. The van der Waals surface area contributed by atoms with E-state index in [1.165, 1.54) is 141 Å². The van der Waals surface area contributed by atoms with E-state index < -0.39 is 0 Å². The third-order valence-electron chi connectivity index (χ3n) is 11.4. The van der Waals surface area contributed by atoms with Crippen LogP contribution >= 0.6 is 0 Å². The molecule has 0 aromatic carbocycles. The average Bonchev–Trinajstić information content (AvgIpc) is 3.22. The maximum atomic E-state index is 10.7. The van der Waals surface area contributed by atoms with Gasteiger partial charge in [-0.1, -0.05) is 213 Å². The number of hydrogen-bond donors (Lipinski definition) is 0. The number of Topliss-reactive ketones (excluding diaryl/α,β-unsaturated/α-hetero) is 4. The maximum absolute atomic E-state index is 10.7. The van der Waals surface area contributed by atoms with Crippen molar-refractivity contribution in [2.75, 3.05) is 0 Å². The highest BCUT2D eigenvalue weighted by molar-refractivity contribution is 5.77. The summed E-state index contributed by atoms with van der Waals surface area (Å²) in [6.07, 6.45) is 54.4. The summed E-state index contributed by atoms with van der Waals surface area (Å²) in [5, 5.41) is 0. The fraction of sp³-hybridized carbons (Fsp3) is 0.797. The van der Waals surface area contributed by atoms with Crippen LogP contribution in [0.3, 0.4) is 0 Å². The molecule has 0 fully saturated rings. The fourth-order valence-electron chi connectivity index (χ4n) is 6.59. The quantitative estimate of drug-likeness (QED) is 0.0456. The van der Waals surface area contributed by atoms with E-state index in [4.69, 9.17) is 0 Å². The summed E-state index contributed by atoms with van der Waals surface area (Å²) in [4.78, 5) is 42.6. The average molecular weight is 884 g/mol. The summed E-state index contributed by atoms with van der Waals surface area (Å²) in [5.41, 5.74) is 0. The number of rotatable bonds is 39. The molecule has 370 valence electrons. The molecule has 4 heteroatoms. The van der Waals surface area contributed by atoms with E-state index >= 15 is 0 Å². The van der Waals surface area contributed by atoms with E-state index in [1.54, 1.807) is 27.7 Å². The Hall–Kier alpha value is -2.36. The van der Waals surface area contributed by atoms with Gasteiger partial charge in [0.2, 0.25) is 0 Å². The van der Waals surface area contributed by atoms with Crippen molar-refractivity contribution in [2.45, 2.75) is 282 Å². The second-order valence-electron chi connectivity index (χ2n) is 19.6. The predicted molar refractivity (Wildman–Crippen MR) is 282 cm³/mol. The Bertz CT molecular complexity index is 1110. The SMILES string of the molecule is CC(=O)C/C=C/CCCCCCC(C)C.CC(=O)C/C=C\CCCCCCCC(C)C.CCC(C)CCCCC/C=C/CC(C)=O.CCC(C)CCCCC/C=C/CCCC(C)=O. The van der Waals surface area contributed by atoms with E-state index in [2.05, 4.69) is 85.8 Å². The third kappa shape index (κ3) is 77.3. The van der Waals surface area contributed by atoms with Gasteiger partial charge in [0, 0.05) is 25.7 Å². The van der Waals surface area contributed by atoms with E-state index in [1.807, 2.05) is 18.2 Å². The molecule has 0 heterocycles. The molecule has 0 spiro atoms. The first-order valence-corrected chi connectivity index (χ1v) is 26.7. The number of unbranched alkanes of at least 4 members (excludes halogenated alkanes) is 16. The number of carbonyl (C=O) groups is 4. The van der Waals surface area contributed by atoms with Gasteiger partial charge in [0.25, 0.3) is 0 Å². The lowest BCUT2D eigenvalue weighted by molar-refractivity contribution is -0.117. The minimum atomic E-state index is 0.253. The normalized spacial score (nSPS) is 12.3. The van der Waals surface area contributed by atoms with Gasteiger partial charge in [-0.2, -0.15) is 0 Å². The van der Waals surface area contributed by atoms with Crippen LogP contribution < -0.4 is 0 Å². The molecule has 0 amide bonds. The molecule has 0 N–H and O–H groups in total. The van der Waals surface area contributed by atoms with Gasteiger partial charge in [0.1, 0.15) is 23.1 Å². The van der Waals surface area contributed by atoms with Crippen molar-refractivity contribution in [1.82, 2.24) is 0 Å². The smallest absolute Gasteiger partial charge is 0.133 e. The van der Waals surface area contributed by atoms with E-state index in [0.29, 0.717) is 25.0 Å². The van der Waals surface area contributed by atoms with Crippen LogP contribution in [0.15, 0.2) is 48.6 Å². The first kappa shape index (κ1) is 67.2. The minimum absolute atomic E-state index is 0.253. The lowest BCUT2D eigenvalue weighted by Gasteiger charge is -2.06. The van der Waals surface area contributed by atoms with Crippen molar-refractivity contribution in [3.63, 3.8) is 0 Å². The molecule has 0 aliphatic rings. The summed E-state index contributed by atoms with van der Waals surface area (Å²) < 4.78 is 0. The molecule has 0 saturated heterocycles. The van der Waals surface area contributed by atoms with Gasteiger partial charge in [-0.25, -0.2) is 0 Å². The van der Waals surface area contributed by atoms with Gasteiger partial charge < -0.3 is 4.79 Å². The van der Waals surface area contributed by atoms with Gasteiger partial charge in [-0.3, -0.25) is 14.4 Å². The van der Waals surface area contributed by atoms with Gasteiger partial charge in [0.05, 0.1) is 0 Å². The molecule has 0 saturated carbocycles. The van der Waals surface area contributed by atoms with Crippen molar-refractivity contribution in [3.05, 3.63) is 48.6 Å². The largest absolute Gasteiger partial charge is 0.300 e. The number of ketones is 4. The van der Waals surface area contributed by atoms with Crippen molar-refractivity contribution in [2.24, 2.45) is 23.7 Å². The Kier molecular flexibility index (Phi) is 59.5. The van der Waals surface area contributed by atoms with E-state index in [9.17, 15) is 19.2 Å². The van der Waals surface area contributed by atoms with Crippen molar-refractivity contribution < 1.29 is 19.2 Å². The molecule has 0 aromatic heterocycles. The molecule has 4 nitrogen and oxygen atoms in total. The zero-order valence-electron chi connectivity index (χ0n) is 44.5. The summed E-state index contributed by atoms with van der Waals surface area (Å²) in [7, 11) is 0. The summed E-state index contributed by atoms with van der Waals surface area (Å²) in [5.74, 6) is 4.56. The molecule has 0 aliphatic carbocycles. The second-order valence-corrected chi connectivity index (χ2v) is 19.6. The van der Waals surface area contributed by atoms with Gasteiger partial charge in [-0.05, 0) is 116 Å². The Balaban J connectivity index is -0.000000369. The topological polar surface area (TPSA) is 68.3 Å². The zero-order valence-corrected chi connectivity index (χ0v) is 44.5. The van der Waals surface area contributed by atoms with Gasteiger partial charge >= 0.3 is 0 Å².